The first-order valence-electron chi connectivity index (χ1n) is 5.18. The van der Waals surface area contributed by atoms with Gasteiger partial charge >= 0.3 is 0 Å². The Labute approximate surface area is 98.3 Å². The van der Waals surface area contributed by atoms with Crippen LogP contribution in [0.2, 0.25) is 0 Å². The zero-order chi connectivity index (χ0) is 12.3. The van der Waals surface area contributed by atoms with Crippen LogP contribution in [0.25, 0.3) is 0 Å². The van der Waals surface area contributed by atoms with Crippen molar-refractivity contribution in [1.82, 2.24) is 10.9 Å². The molecule has 6 heteroatoms. The highest BCUT2D eigenvalue weighted by Gasteiger charge is 2.27. The van der Waals surface area contributed by atoms with Crippen LogP contribution in [0.5, 0.6) is 5.75 Å². The Morgan fingerprint density at radius 2 is 2.35 bits per heavy atom. The largest absolute Gasteiger partial charge is 0.497 e. The number of carbonyl (C=O) groups excluding carboxylic acids is 2. The lowest BCUT2D eigenvalue weighted by Gasteiger charge is -2.10. The molecule has 0 spiro atoms. The van der Waals surface area contributed by atoms with Gasteiger partial charge in [0.1, 0.15) is 11.8 Å². The van der Waals surface area contributed by atoms with E-state index < -0.39 is 6.04 Å². The maximum Gasteiger partial charge on any atom is 0.243 e. The van der Waals surface area contributed by atoms with Gasteiger partial charge in [0.15, 0.2) is 0 Å². The number of hydrogen-bond donors (Lipinski definition) is 3. The number of amides is 2. The highest BCUT2D eigenvalue weighted by atomic mass is 16.5. The van der Waals surface area contributed by atoms with Crippen molar-refractivity contribution in [2.75, 3.05) is 12.4 Å². The second-order valence-corrected chi connectivity index (χ2v) is 3.67. The van der Waals surface area contributed by atoms with E-state index in [0.717, 1.165) is 0 Å². The average Bonchev–Trinajstić information content (AvgIpc) is 2.76. The van der Waals surface area contributed by atoms with Crippen molar-refractivity contribution in [1.29, 1.82) is 0 Å². The number of rotatable bonds is 3. The van der Waals surface area contributed by atoms with Gasteiger partial charge in [-0.1, -0.05) is 6.07 Å². The smallest absolute Gasteiger partial charge is 0.243 e. The van der Waals surface area contributed by atoms with Gasteiger partial charge in [-0.2, -0.15) is 0 Å². The van der Waals surface area contributed by atoms with Gasteiger partial charge in [-0.25, -0.2) is 5.43 Å². The second-order valence-electron chi connectivity index (χ2n) is 3.67. The zero-order valence-corrected chi connectivity index (χ0v) is 9.32. The molecular weight excluding hydrogens is 222 g/mol. The molecule has 2 rings (SSSR count). The van der Waals surface area contributed by atoms with Crippen molar-refractivity contribution >= 4 is 17.5 Å². The minimum absolute atomic E-state index is 0.149. The standard InChI is InChI=1S/C11H13N3O3/c1-17-8-4-2-3-7(5-8)12-11(16)9-6-10(15)14-13-9/h2-5,9,13H,6H2,1H3,(H,12,16)(H,14,15). The molecular formula is C11H13N3O3. The molecule has 0 radical (unpaired) electrons. The molecule has 0 aromatic heterocycles. The predicted molar refractivity (Wildman–Crippen MR) is 61.3 cm³/mol. The van der Waals surface area contributed by atoms with Crippen LogP contribution in [0.4, 0.5) is 5.69 Å². The molecule has 0 saturated carbocycles. The number of benzene rings is 1. The molecule has 1 aliphatic heterocycles. The van der Waals surface area contributed by atoms with Gasteiger partial charge in [0.25, 0.3) is 0 Å². The van der Waals surface area contributed by atoms with Crippen molar-refractivity contribution in [3.63, 3.8) is 0 Å². The molecule has 1 aromatic carbocycles. The van der Waals surface area contributed by atoms with E-state index in [9.17, 15) is 9.59 Å². The summed E-state index contributed by atoms with van der Waals surface area (Å²) in [5.74, 6) is 0.226. The van der Waals surface area contributed by atoms with Crippen LogP contribution in [-0.2, 0) is 9.59 Å². The molecule has 1 aliphatic rings. The third-order valence-electron chi connectivity index (χ3n) is 2.43. The maximum atomic E-state index is 11.8. The number of ether oxygens (including phenoxy) is 1. The third-order valence-corrected chi connectivity index (χ3v) is 2.43. The van der Waals surface area contributed by atoms with Crippen molar-refractivity contribution in [3.8, 4) is 5.75 Å². The third kappa shape index (κ3) is 2.73. The summed E-state index contributed by atoms with van der Waals surface area (Å²) < 4.78 is 5.05. The molecule has 17 heavy (non-hydrogen) atoms. The molecule has 1 atom stereocenters. The van der Waals surface area contributed by atoms with Gasteiger partial charge in [0.2, 0.25) is 11.8 Å². The van der Waals surface area contributed by atoms with Crippen LogP contribution in [0.15, 0.2) is 24.3 Å². The predicted octanol–water partition coefficient (Wildman–Crippen LogP) is 0.0268. The first-order chi connectivity index (χ1) is 8.19. The molecule has 6 nitrogen and oxygen atoms in total. The number of methoxy groups -OCH3 is 1. The zero-order valence-electron chi connectivity index (χ0n) is 9.32. The Hall–Kier alpha value is -2.08. The van der Waals surface area contributed by atoms with Gasteiger partial charge in [-0.05, 0) is 12.1 Å². The number of hydrogen-bond acceptors (Lipinski definition) is 4. The van der Waals surface area contributed by atoms with Crippen molar-refractivity contribution < 1.29 is 14.3 Å². The van der Waals surface area contributed by atoms with Crippen molar-refractivity contribution in [2.24, 2.45) is 0 Å². The van der Waals surface area contributed by atoms with Crippen molar-refractivity contribution in [2.45, 2.75) is 12.5 Å². The van der Waals surface area contributed by atoms with Crippen LogP contribution >= 0.6 is 0 Å². The Morgan fingerprint density at radius 1 is 1.53 bits per heavy atom. The molecule has 1 unspecified atom stereocenters. The van der Waals surface area contributed by atoms with Crippen LogP contribution in [0.1, 0.15) is 6.42 Å². The van der Waals surface area contributed by atoms with Crippen LogP contribution in [0, 0.1) is 0 Å². The fraction of sp³-hybridized carbons (Fsp3) is 0.273. The Bertz CT molecular complexity index is 447. The van der Waals surface area contributed by atoms with Crippen LogP contribution in [0.3, 0.4) is 0 Å². The van der Waals surface area contributed by atoms with E-state index in [1.54, 1.807) is 31.4 Å². The summed E-state index contributed by atoms with van der Waals surface area (Å²) in [6.07, 6.45) is 0.149. The van der Waals surface area contributed by atoms with Gasteiger partial charge in [0, 0.05) is 11.8 Å². The van der Waals surface area contributed by atoms with Gasteiger partial charge in [-0.3, -0.25) is 15.0 Å². The lowest BCUT2D eigenvalue weighted by Crippen LogP contribution is -2.39. The van der Waals surface area contributed by atoms with E-state index in [1.165, 1.54) is 0 Å². The minimum Gasteiger partial charge on any atom is -0.497 e. The highest BCUT2D eigenvalue weighted by molar-refractivity contribution is 5.99. The average molecular weight is 235 g/mol. The van der Waals surface area contributed by atoms with E-state index in [-0.39, 0.29) is 18.2 Å². The minimum atomic E-state index is -0.534. The quantitative estimate of drug-likeness (QED) is 0.690. The maximum absolute atomic E-state index is 11.8. The molecule has 1 aromatic rings. The fourth-order valence-corrected chi connectivity index (χ4v) is 1.54. The summed E-state index contributed by atoms with van der Waals surface area (Å²) in [4.78, 5) is 22.7. The van der Waals surface area contributed by atoms with E-state index in [0.29, 0.717) is 11.4 Å². The SMILES string of the molecule is COc1cccc(NC(=O)C2CC(=O)NN2)c1. The van der Waals surface area contributed by atoms with Gasteiger partial charge < -0.3 is 10.1 Å². The lowest BCUT2D eigenvalue weighted by atomic mass is 10.2. The molecule has 3 N–H and O–H groups in total. The second kappa shape index (κ2) is 4.84. The molecule has 0 bridgehead atoms. The van der Waals surface area contributed by atoms with Crippen LogP contribution < -0.4 is 20.9 Å². The summed E-state index contributed by atoms with van der Waals surface area (Å²) in [7, 11) is 1.56. The first kappa shape index (κ1) is 11.4. The Morgan fingerprint density at radius 3 is 3.00 bits per heavy atom. The van der Waals surface area contributed by atoms with E-state index >= 15 is 0 Å². The molecule has 2 amide bonds. The summed E-state index contributed by atoms with van der Waals surface area (Å²) in [6, 6.07) is 6.50. The monoisotopic (exact) mass is 235 g/mol. The molecule has 1 saturated heterocycles. The number of hydrazine groups is 1. The number of carbonyl (C=O) groups is 2. The molecule has 1 heterocycles. The topological polar surface area (TPSA) is 79.5 Å². The molecule has 1 fully saturated rings. The number of nitrogens with one attached hydrogen (secondary N) is 3. The van der Waals surface area contributed by atoms with Crippen molar-refractivity contribution in [3.05, 3.63) is 24.3 Å². The van der Waals surface area contributed by atoms with Gasteiger partial charge in [-0.15, -0.1) is 0 Å². The van der Waals surface area contributed by atoms with Crippen LogP contribution in [-0.4, -0.2) is 25.0 Å². The Balaban J connectivity index is 2.00. The van der Waals surface area contributed by atoms with Gasteiger partial charge in [0.05, 0.1) is 13.5 Å². The molecule has 90 valence electrons. The molecule has 0 aliphatic carbocycles. The summed E-state index contributed by atoms with van der Waals surface area (Å²) in [5, 5.41) is 2.71. The van der Waals surface area contributed by atoms with E-state index in [4.69, 9.17) is 4.74 Å². The first-order valence-corrected chi connectivity index (χ1v) is 5.18. The summed E-state index contributed by atoms with van der Waals surface area (Å²) >= 11 is 0. The highest BCUT2D eigenvalue weighted by Crippen LogP contribution is 2.17. The lowest BCUT2D eigenvalue weighted by molar-refractivity contribution is -0.121. The van der Waals surface area contributed by atoms with E-state index in [1.807, 2.05) is 0 Å². The summed E-state index contributed by atoms with van der Waals surface area (Å²) in [6.45, 7) is 0. The summed E-state index contributed by atoms with van der Waals surface area (Å²) in [5.41, 5.74) is 5.63. The number of anilines is 1. The Kier molecular flexibility index (Phi) is 3.24. The van der Waals surface area contributed by atoms with E-state index in [2.05, 4.69) is 16.2 Å². The fourth-order valence-electron chi connectivity index (χ4n) is 1.54. The normalized spacial score (nSPS) is 18.6.